The smallest absolute Gasteiger partial charge is 0.231 e. The van der Waals surface area contributed by atoms with Crippen LogP contribution < -0.4 is 5.32 Å². The van der Waals surface area contributed by atoms with E-state index in [4.69, 9.17) is 4.52 Å². The fourth-order valence-corrected chi connectivity index (χ4v) is 2.63. The van der Waals surface area contributed by atoms with Crippen LogP contribution in [0.25, 0.3) is 11.5 Å². The molecular weight excluding hydrogens is 240 g/mol. The minimum atomic E-state index is 0.312. The lowest BCUT2D eigenvalue weighted by atomic mass is 10.0. The molecule has 0 bridgehead atoms. The summed E-state index contributed by atoms with van der Waals surface area (Å²) >= 11 is 0. The van der Waals surface area contributed by atoms with Crippen molar-refractivity contribution in [2.45, 2.75) is 39.2 Å². The standard InChI is InChI=1S/C14H18N4O/c1-8-6-9(2)12(16-7-8)13-17-14(19-18-13)11-4-5-15-10(11)3/h6-7,10-11,15H,4-5H2,1-3H3. The van der Waals surface area contributed by atoms with E-state index in [0.717, 1.165) is 29.8 Å². The summed E-state index contributed by atoms with van der Waals surface area (Å²) in [6, 6.07) is 2.47. The first kappa shape index (κ1) is 12.3. The third kappa shape index (κ3) is 2.26. The highest BCUT2D eigenvalue weighted by molar-refractivity contribution is 5.54. The highest BCUT2D eigenvalue weighted by atomic mass is 16.5. The van der Waals surface area contributed by atoms with Gasteiger partial charge in [0.05, 0.1) is 5.92 Å². The summed E-state index contributed by atoms with van der Waals surface area (Å²) in [4.78, 5) is 8.93. The molecule has 2 aromatic rings. The maximum atomic E-state index is 5.42. The van der Waals surface area contributed by atoms with E-state index < -0.39 is 0 Å². The quantitative estimate of drug-likeness (QED) is 0.894. The summed E-state index contributed by atoms with van der Waals surface area (Å²) in [6.45, 7) is 7.20. The molecule has 5 heteroatoms. The second-order valence-electron chi connectivity index (χ2n) is 5.27. The van der Waals surface area contributed by atoms with E-state index in [1.54, 1.807) is 0 Å². The van der Waals surface area contributed by atoms with Crippen LogP contribution in [0.1, 0.15) is 36.3 Å². The fourth-order valence-electron chi connectivity index (χ4n) is 2.63. The fraction of sp³-hybridized carbons (Fsp3) is 0.500. The molecule has 0 aliphatic carbocycles. The molecule has 1 N–H and O–H groups in total. The van der Waals surface area contributed by atoms with E-state index >= 15 is 0 Å². The predicted octanol–water partition coefficient (Wildman–Crippen LogP) is 2.21. The Morgan fingerprint density at radius 1 is 1.37 bits per heavy atom. The highest BCUT2D eigenvalue weighted by Crippen LogP contribution is 2.28. The molecule has 1 aliphatic heterocycles. The zero-order valence-electron chi connectivity index (χ0n) is 11.5. The van der Waals surface area contributed by atoms with E-state index in [9.17, 15) is 0 Å². The van der Waals surface area contributed by atoms with Crippen molar-refractivity contribution < 1.29 is 4.52 Å². The number of hydrogen-bond acceptors (Lipinski definition) is 5. The third-order valence-corrected chi connectivity index (χ3v) is 3.71. The molecule has 0 saturated carbocycles. The summed E-state index contributed by atoms with van der Waals surface area (Å²) in [5.41, 5.74) is 3.02. The molecule has 100 valence electrons. The number of rotatable bonds is 2. The topological polar surface area (TPSA) is 63.8 Å². The Morgan fingerprint density at radius 3 is 2.89 bits per heavy atom. The molecule has 2 atom stereocenters. The molecule has 19 heavy (non-hydrogen) atoms. The number of nitrogens with zero attached hydrogens (tertiary/aromatic N) is 3. The zero-order chi connectivity index (χ0) is 13.4. The molecule has 1 aliphatic rings. The van der Waals surface area contributed by atoms with Crippen LogP contribution in [0.2, 0.25) is 0 Å². The Bertz CT molecular complexity index is 593. The molecule has 3 heterocycles. The third-order valence-electron chi connectivity index (χ3n) is 3.71. The van der Waals surface area contributed by atoms with Gasteiger partial charge in [-0.2, -0.15) is 4.98 Å². The number of pyridine rings is 1. The minimum Gasteiger partial charge on any atom is -0.339 e. The predicted molar refractivity (Wildman–Crippen MR) is 71.8 cm³/mol. The van der Waals surface area contributed by atoms with Gasteiger partial charge in [-0.05, 0) is 44.9 Å². The van der Waals surface area contributed by atoms with Gasteiger partial charge in [0.25, 0.3) is 0 Å². The average Bonchev–Trinajstić information content (AvgIpc) is 2.97. The Hall–Kier alpha value is -1.75. The van der Waals surface area contributed by atoms with Crippen molar-refractivity contribution in [3.63, 3.8) is 0 Å². The van der Waals surface area contributed by atoms with Crippen LogP contribution >= 0.6 is 0 Å². The van der Waals surface area contributed by atoms with Gasteiger partial charge in [-0.3, -0.25) is 4.98 Å². The molecule has 5 nitrogen and oxygen atoms in total. The number of hydrogen-bond donors (Lipinski definition) is 1. The molecule has 2 unspecified atom stereocenters. The van der Waals surface area contributed by atoms with Crippen LogP contribution in [0.5, 0.6) is 0 Å². The van der Waals surface area contributed by atoms with E-state index in [2.05, 4.69) is 33.4 Å². The Balaban J connectivity index is 1.92. The van der Waals surface area contributed by atoms with Crippen molar-refractivity contribution in [1.29, 1.82) is 0 Å². The number of aromatic nitrogens is 3. The normalized spacial score (nSPS) is 22.9. The molecule has 1 fully saturated rings. The van der Waals surface area contributed by atoms with Crippen molar-refractivity contribution in [1.82, 2.24) is 20.4 Å². The second kappa shape index (κ2) is 4.74. The first-order valence-corrected chi connectivity index (χ1v) is 6.66. The van der Waals surface area contributed by atoms with Gasteiger partial charge in [-0.15, -0.1) is 0 Å². The average molecular weight is 258 g/mol. The molecule has 0 aromatic carbocycles. The van der Waals surface area contributed by atoms with E-state index in [1.807, 2.05) is 20.0 Å². The summed E-state index contributed by atoms with van der Waals surface area (Å²) in [7, 11) is 0. The summed E-state index contributed by atoms with van der Waals surface area (Å²) in [5, 5.41) is 7.47. The van der Waals surface area contributed by atoms with Gasteiger partial charge in [0.2, 0.25) is 11.7 Å². The lowest BCUT2D eigenvalue weighted by Gasteiger charge is -2.08. The molecule has 0 amide bonds. The first-order valence-electron chi connectivity index (χ1n) is 6.66. The number of aryl methyl sites for hydroxylation is 2. The van der Waals surface area contributed by atoms with Crippen LogP contribution in [0, 0.1) is 13.8 Å². The van der Waals surface area contributed by atoms with Crippen LogP contribution in [-0.2, 0) is 0 Å². The SMILES string of the molecule is Cc1cnc(-c2noc(C3CCNC3C)n2)c(C)c1. The Labute approximate surface area is 112 Å². The van der Waals surface area contributed by atoms with Crippen LogP contribution in [0.4, 0.5) is 0 Å². The van der Waals surface area contributed by atoms with Gasteiger partial charge in [-0.25, -0.2) is 0 Å². The van der Waals surface area contributed by atoms with E-state index in [0.29, 0.717) is 23.7 Å². The maximum Gasteiger partial charge on any atom is 0.231 e. The Kier molecular flexibility index (Phi) is 3.06. The van der Waals surface area contributed by atoms with Crippen LogP contribution in [0.15, 0.2) is 16.8 Å². The first-order chi connectivity index (χ1) is 9.15. The van der Waals surface area contributed by atoms with Crippen LogP contribution in [0.3, 0.4) is 0 Å². The van der Waals surface area contributed by atoms with Gasteiger partial charge in [0.15, 0.2) is 0 Å². The van der Waals surface area contributed by atoms with Gasteiger partial charge in [0, 0.05) is 12.2 Å². The largest absolute Gasteiger partial charge is 0.339 e. The van der Waals surface area contributed by atoms with Crippen molar-refractivity contribution in [3.05, 3.63) is 29.3 Å². The van der Waals surface area contributed by atoms with Crippen molar-refractivity contribution >= 4 is 0 Å². The summed E-state index contributed by atoms with van der Waals surface area (Å²) < 4.78 is 5.42. The minimum absolute atomic E-state index is 0.312. The second-order valence-corrected chi connectivity index (χ2v) is 5.27. The van der Waals surface area contributed by atoms with Crippen molar-refractivity contribution in [3.8, 4) is 11.5 Å². The van der Waals surface area contributed by atoms with Gasteiger partial charge in [-0.1, -0.05) is 11.2 Å². The molecule has 0 spiro atoms. The van der Waals surface area contributed by atoms with Crippen LogP contribution in [-0.4, -0.2) is 27.7 Å². The summed E-state index contributed by atoms with van der Waals surface area (Å²) in [6.07, 6.45) is 2.88. The van der Waals surface area contributed by atoms with Gasteiger partial charge < -0.3 is 9.84 Å². The van der Waals surface area contributed by atoms with Gasteiger partial charge in [0.1, 0.15) is 5.69 Å². The number of nitrogens with one attached hydrogen (secondary N) is 1. The molecule has 2 aromatic heterocycles. The lowest BCUT2D eigenvalue weighted by Crippen LogP contribution is -2.21. The molecule has 3 rings (SSSR count). The lowest BCUT2D eigenvalue weighted by molar-refractivity contribution is 0.345. The van der Waals surface area contributed by atoms with Gasteiger partial charge >= 0.3 is 0 Å². The molecular formula is C14H18N4O. The maximum absolute atomic E-state index is 5.42. The highest BCUT2D eigenvalue weighted by Gasteiger charge is 2.29. The zero-order valence-corrected chi connectivity index (χ0v) is 11.5. The van der Waals surface area contributed by atoms with Crippen molar-refractivity contribution in [2.75, 3.05) is 6.54 Å². The summed E-state index contributed by atoms with van der Waals surface area (Å²) in [5.74, 6) is 1.62. The Morgan fingerprint density at radius 2 is 2.21 bits per heavy atom. The monoisotopic (exact) mass is 258 g/mol. The van der Waals surface area contributed by atoms with Crippen molar-refractivity contribution in [2.24, 2.45) is 0 Å². The molecule has 0 radical (unpaired) electrons. The van der Waals surface area contributed by atoms with E-state index in [1.165, 1.54) is 0 Å². The van der Waals surface area contributed by atoms with E-state index in [-0.39, 0.29) is 0 Å². The molecule has 1 saturated heterocycles.